The molecular formula is C12H17NO. The molecule has 0 atom stereocenters. The summed E-state index contributed by atoms with van der Waals surface area (Å²) >= 11 is 0. The van der Waals surface area contributed by atoms with E-state index in [0.29, 0.717) is 13.0 Å². The standard InChI is InChI=1S/C12H17NO/c1-2-10-5-7-11(8-6-10)12(14)4-3-9-13/h5-8H,2-4,9,13H2,1H3. The second-order valence-electron chi connectivity index (χ2n) is 3.37. The van der Waals surface area contributed by atoms with Crippen molar-refractivity contribution in [3.05, 3.63) is 35.4 Å². The molecule has 0 bridgehead atoms. The maximum absolute atomic E-state index is 11.5. The molecular weight excluding hydrogens is 174 g/mol. The van der Waals surface area contributed by atoms with Crippen molar-refractivity contribution < 1.29 is 4.79 Å². The number of carbonyl (C=O) groups is 1. The lowest BCUT2D eigenvalue weighted by molar-refractivity contribution is 0.0981. The second kappa shape index (κ2) is 5.55. The normalized spacial score (nSPS) is 10.1. The van der Waals surface area contributed by atoms with Crippen LogP contribution in [-0.4, -0.2) is 12.3 Å². The molecule has 0 radical (unpaired) electrons. The third-order valence-electron chi connectivity index (χ3n) is 2.29. The Labute approximate surface area is 85.1 Å². The molecule has 0 spiro atoms. The van der Waals surface area contributed by atoms with E-state index >= 15 is 0 Å². The third-order valence-corrected chi connectivity index (χ3v) is 2.29. The van der Waals surface area contributed by atoms with Crippen LogP contribution in [0.5, 0.6) is 0 Å². The zero-order chi connectivity index (χ0) is 10.4. The minimum absolute atomic E-state index is 0.193. The zero-order valence-corrected chi connectivity index (χ0v) is 8.62. The average molecular weight is 191 g/mol. The monoisotopic (exact) mass is 191 g/mol. The molecule has 0 saturated heterocycles. The molecule has 0 heterocycles. The predicted molar refractivity (Wildman–Crippen MR) is 58.4 cm³/mol. The summed E-state index contributed by atoms with van der Waals surface area (Å²) < 4.78 is 0. The van der Waals surface area contributed by atoms with Crippen molar-refractivity contribution in [3.63, 3.8) is 0 Å². The summed E-state index contributed by atoms with van der Waals surface area (Å²) in [7, 11) is 0. The molecule has 14 heavy (non-hydrogen) atoms. The Balaban J connectivity index is 2.62. The van der Waals surface area contributed by atoms with Crippen LogP contribution in [0.3, 0.4) is 0 Å². The van der Waals surface area contributed by atoms with Gasteiger partial charge in [-0.3, -0.25) is 4.79 Å². The van der Waals surface area contributed by atoms with Gasteiger partial charge in [-0.2, -0.15) is 0 Å². The lowest BCUT2D eigenvalue weighted by Crippen LogP contribution is -2.04. The van der Waals surface area contributed by atoms with Crippen LogP contribution < -0.4 is 5.73 Å². The Morgan fingerprint density at radius 1 is 1.29 bits per heavy atom. The number of ketones is 1. The molecule has 0 amide bonds. The van der Waals surface area contributed by atoms with Crippen LogP contribution in [0.1, 0.15) is 35.7 Å². The van der Waals surface area contributed by atoms with Crippen LogP contribution in [0.4, 0.5) is 0 Å². The fourth-order valence-corrected chi connectivity index (χ4v) is 1.33. The van der Waals surface area contributed by atoms with Gasteiger partial charge in [0.1, 0.15) is 0 Å². The lowest BCUT2D eigenvalue weighted by atomic mass is 10.0. The van der Waals surface area contributed by atoms with Crippen molar-refractivity contribution in [3.8, 4) is 0 Å². The van der Waals surface area contributed by atoms with Crippen molar-refractivity contribution >= 4 is 5.78 Å². The van der Waals surface area contributed by atoms with Crippen LogP contribution >= 0.6 is 0 Å². The highest BCUT2D eigenvalue weighted by Gasteiger charge is 2.03. The van der Waals surface area contributed by atoms with E-state index in [-0.39, 0.29) is 5.78 Å². The second-order valence-corrected chi connectivity index (χ2v) is 3.37. The Kier molecular flexibility index (Phi) is 4.33. The van der Waals surface area contributed by atoms with E-state index in [4.69, 9.17) is 5.73 Å². The first-order chi connectivity index (χ1) is 6.77. The molecule has 0 saturated carbocycles. The fraction of sp³-hybridized carbons (Fsp3) is 0.417. The van der Waals surface area contributed by atoms with Gasteiger partial charge in [0.15, 0.2) is 5.78 Å². The van der Waals surface area contributed by atoms with Crippen molar-refractivity contribution in [2.75, 3.05) is 6.54 Å². The Bertz CT molecular complexity index is 290. The van der Waals surface area contributed by atoms with Crippen molar-refractivity contribution in [2.24, 2.45) is 5.73 Å². The topological polar surface area (TPSA) is 43.1 Å². The lowest BCUT2D eigenvalue weighted by Gasteiger charge is -2.01. The van der Waals surface area contributed by atoms with E-state index in [9.17, 15) is 4.79 Å². The summed E-state index contributed by atoms with van der Waals surface area (Å²) in [6, 6.07) is 7.82. The SMILES string of the molecule is CCc1ccc(C(=O)CCCN)cc1. The summed E-state index contributed by atoms with van der Waals surface area (Å²) in [5, 5.41) is 0. The van der Waals surface area contributed by atoms with Gasteiger partial charge in [0.05, 0.1) is 0 Å². The maximum Gasteiger partial charge on any atom is 0.162 e. The Morgan fingerprint density at radius 3 is 2.43 bits per heavy atom. The molecule has 2 nitrogen and oxygen atoms in total. The predicted octanol–water partition coefficient (Wildman–Crippen LogP) is 2.17. The quantitative estimate of drug-likeness (QED) is 0.725. The van der Waals surface area contributed by atoms with Crippen LogP contribution in [-0.2, 0) is 6.42 Å². The van der Waals surface area contributed by atoms with Crippen molar-refractivity contribution in [1.29, 1.82) is 0 Å². The van der Waals surface area contributed by atoms with Gasteiger partial charge >= 0.3 is 0 Å². The number of benzene rings is 1. The largest absolute Gasteiger partial charge is 0.330 e. The fourth-order valence-electron chi connectivity index (χ4n) is 1.33. The van der Waals surface area contributed by atoms with E-state index in [2.05, 4.69) is 6.92 Å². The van der Waals surface area contributed by atoms with E-state index in [1.807, 2.05) is 24.3 Å². The minimum Gasteiger partial charge on any atom is -0.330 e. The zero-order valence-electron chi connectivity index (χ0n) is 8.62. The number of rotatable bonds is 5. The van der Waals surface area contributed by atoms with Gasteiger partial charge < -0.3 is 5.73 Å². The summed E-state index contributed by atoms with van der Waals surface area (Å²) in [6.45, 7) is 2.68. The summed E-state index contributed by atoms with van der Waals surface area (Å²) in [5.41, 5.74) is 7.41. The molecule has 0 aromatic heterocycles. The summed E-state index contributed by atoms with van der Waals surface area (Å²) in [6.07, 6.45) is 2.34. The molecule has 0 aliphatic carbocycles. The van der Waals surface area contributed by atoms with Gasteiger partial charge in [-0.15, -0.1) is 0 Å². The Morgan fingerprint density at radius 2 is 1.93 bits per heavy atom. The highest BCUT2D eigenvalue weighted by Crippen LogP contribution is 2.08. The Hall–Kier alpha value is -1.15. The molecule has 76 valence electrons. The molecule has 0 aliphatic heterocycles. The molecule has 0 fully saturated rings. The van der Waals surface area contributed by atoms with Gasteiger partial charge in [-0.25, -0.2) is 0 Å². The molecule has 2 N–H and O–H groups in total. The van der Waals surface area contributed by atoms with E-state index in [1.54, 1.807) is 0 Å². The van der Waals surface area contributed by atoms with Crippen LogP contribution in [0.2, 0.25) is 0 Å². The number of Topliss-reactive ketones (excluding diaryl/α,β-unsaturated/α-hetero) is 1. The number of nitrogens with two attached hydrogens (primary N) is 1. The van der Waals surface area contributed by atoms with Crippen LogP contribution in [0.15, 0.2) is 24.3 Å². The van der Waals surface area contributed by atoms with Crippen LogP contribution in [0, 0.1) is 0 Å². The molecule has 0 aliphatic rings. The minimum atomic E-state index is 0.193. The first-order valence-electron chi connectivity index (χ1n) is 5.10. The number of carbonyl (C=O) groups excluding carboxylic acids is 1. The first-order valence-corrected chi connectivity index (χ1v) is 5.10. The maximum atomic E-state index is 11.5. The number of hydrogen-bond donors (Lipinski definition) is 1. The molecule has 1 aromatic carbocycles. The molecule has 2 heteroatoms. The summed E-state index contributed by atoms with van der Waals surface area (Å²) in [4.78, 5) is 11.5. The molecule has 0 unspecified atom stereocenters. The van der Waals surface area contributed by atoms with E-state index in [0.717, 1.165) is 18.4 Å². The van der Waals surface area contributed by atoms with E-state index in [1.165, 1.54) is 5.56 Å². The first kappa shape index (κ1) is 10.9. The third kappa shape index (κ3) is 2.96. The van der Waals surface area contributed by atoms with Gasteiger partial charge in [-0.05, 0) is 24.9 Å². The van der Waals surface area contributed by atoms with Crippen LogP contribution in [0.25, 0.3) is 0 Å². The number of hydrogen-bond acceptors (Lipinski definition) is 2. The van der Waals surface area contributed by atoms with Gasteiger partial charge in [0.25, 0.3) is 0 Å². The average Bonchev–Trinajstić information content (AvgIpc) is 2.26. The smallest absolute Gasteiger partial charge is 0.162 e. The van der Waals surface area contributed by atoms with Crippen molar-refractivity contribution in [1.82, 2.24) is 0 Å². The van der Waals surface area contributed by atoms with Crippen molar-refractivity contribution in [2.45, 2.75) is 26.2 Å². The van der Waals surface area contributed by atoms with E-state index < -0.39 is 0 Å². The number of aryl methyl sites for hydroxylation is 1. The summed E-state index contributed by atoms with van der Waals surface area (Å²) in [5.74, 6) is 0.193. The van der Waals surface area contributed by atoms with Gasteiger partial charge in [0, 0.05) is 12.0 Å². The highest BCUT2D eigenvalue weighted by molar-refractivity contribution is 5.96. The molecule has 1 rings (SSSR count). The van der Waals surface area contributed by atoms with Gasteiger partial charge in [-0.1, -0.05) is 31.2 Å². The highest BCUT2D eigenvalue weighted by atomic mass is 16.1. The molecule has 1 aromatic rings. The van der Waals surface area contributed by atoms with Gasteiger partial charge in [0.2, 0.25) is 0 Å².